The third-order valence-electron chi connectivity index (χ3n) is 5.27. The van der Waals surface area contributed by atoms with Crippen molar-refractivity contribution < 1.29 is 0 Å². The standard InChI is InChI=1S/C19H24Si2/c1-20(2,3)21(4,5)19-17-12-8-6-10-15(17)14-16-11-7-9-13-18(16)19/h6-14H,1-5H3. The van der Waals surface area contributed by atoms with Gasteiger partial charge in [-0.15, -0.1) is 0 Å². The maximum Gasteiger partial charge on any atom is 0.0752 e. The van der Waals surface area contributed by atoms with E-state index in [-0.39, 0.29) is 0 Å². The molecule has 0 unspecified atom stereocenters. The van der Waals surface area contributed by atoms with Gasteiger partial charge in [0.2, 0.25) is 0 Å². The van der Waals surface area contributed by atoms with Gasteiger partial charge in [-0.3, -0.25) is 0 Å². The van der Waals surface area contributed by atoms with E-state index in [9.17, 15) is 0 Å². The van der Waals surface area contributed by atoms with Gasteiger partial charge in [0.1, 0.15) is 0 Å². The van der Waals surface area contributed by atoms with Gasteiger partial charge in [0.15, 0.2) is 0 Å². The van der Waals surface area contributed by atoms with Crippen molar-refractivity contribution in [3.05, 3.63) is 54.6 Å². The van der Waals surface area contributed by atoms with Gasteiger partial charge in [-0.2, -0.15) is 0 Å². The molecule has 0 aliphatic rings. The number of benzene rings is 3. The van der Waals surface area contributed by atoms with E-state index < -0.39 is 15.2 Å². The molecule has 0 fully saturated rings. The molecule has 0 aromatic heterocycles. The monoisotopic (exact) mass is 308 g/mol. The second kappa shape index (κ2) is 4.82. The zero-order valence-electron chi connectivity index (χ0n) is 13.7. The van der Waals surface area contributed by atoms with Crippen LogP contribution in [0.3, 0.4) is 0 Å². The summed E-state index contributed by atoms with van der Waals surface area (Å²) in [7, 11) is -2.69. The lowest BCUT2D eigenvalue weighted by molar-refractivity contribution is 1.72. The third kappa shape index (κ3) is 2.27. The Kier molecular flexibility index (Phi) is 3.34. The van der Waals surface area contributed by atoms with Gasteiger partial charge in [0.05, 0.1) is 7.59 Å². The lowest BCUT2D eigenvalue weighted by Gasteiger charge is -2.37. The second-order valence-corrected chi connectivity index (χ2v) is 24.1. The van der Waals surface area contributed by atoms with E-state index >= 15 is 0 Å². The van der Waals surface area contributed by atoms with Gasteiger partial charge in [0.25, 0.3) is 0 Å². The molecular weight excluding hydrogens is 284 g/mol. The van der Waals surface area contributed by atoms with Crippen LogP contribution in [0.15, 0.2) is 54.6 Å². The number of hydrogen-bond acceptors (Lipinski definition) is 0. The fraction of sp³-hybridized carbons (Fsp3) is 0.263. The minimum atomic E-state index is -1.47. The third-order valence-corrected chi connectivity index (χ3v) is 22.8. The Labute approximate surface area is 129 Å². The van der Waals surface area contributed by atoms with Crippen molar-refractivity contribution in [2.24, 2.45) is 0 Å². The molecule has 21 heavy (non-hydrogen) atoms. The van der Waals surface area contributed by atoms with Crippen LogP contribution >= 0.6 is 0 Å². The Morgan fingerprint density at radius 1 is 0.619 bits per heavy atom. The van der Waals surface area contributed by atoms with Crippen LogP contribution in [0.4, 0.5) is 0 Å². The summed E-state index contributed by atoms with van der Waals surface area (Å²) in [5.41, 5.74) is 0. The van der Waals surface area contributed by atoms with E-state index in [4.69, 9.17) is 0 Å². The maximum absolute atomic E-state index is 2.58. The molecule has 0 bridgehead atoms. The van der Waals surface area contributed by atoms with Crippen molar-refractivity contribution in [3.8, 4) is 0 Å². The molecule has 108 valence electrons. The SMILES string of the molecule is C[Si](C)(C)[Si](C)(C)c1c2ccccc2cc2ccccc12. The summed E-state index contributed by atoms with van der Waals surface area (Å²) >= 11 is 0. The number of fused-ring (bicyclic) bond motifs is 2. The van der Waals surface area contributed by atoms with Crippen molar-refractivity contribution in [2.75, 3.05) is 0 Å². The minimum absolute atomic E-state index is 1.22. The van der Waals surface area contributed by atoms with E-state index in [1.54, 1.807) is 5.19 Å². The summed E-state index contributed by atoms with van der Waals surface area (Å²) < 4.78 is 0. The molecule has 3 aromatic carbocycles. The average molecular weight is 309 g/mol. The first kappa shape index (κ1) is 14.5. The fourth-order valence-electron chi connectivity index (χ4n) is 3.06. The lowest BCUT2D eigenvalue weighted by Crippen LogP contribution is -2.61. The minimum Gasteiger partial charge on any atom is -0.0712 e. The summed E-state index contributed by atoms with van der Waals surface area (Å²) in [4.78, 5) is 0. The predicted octanol–water partition coefficient (Wildman–Crippen LogP) is 5.33. The quantitative estimate of drug-likeness (QED) is 0.444. The average Bonchev–Trinajstić information content (AvgIpc) is 2.43. The molecule has 0 amide bonds. The Bertz CT molecular complexity index is 757. The van der Waals surface area contributed by atoms with E-state index in [1.807, 2.05) is 0 Å². The van der Waals surface area contributed by atoms with E-state index in [0.29, 0.717) is 0 Å². The van der Waals surface area contributed by atoms with Crippen molar-refractivity contribution in [1.29, 1.82) is 0 Å². The largest absolute Gasteiger partial charge is 0.0752 e. The summed E-state index contributed by atoms with van der Waals surface area (Å²) in [6.07, 6.45) is 0. The first-order chi connectivity index (χ1) is 9.82. The normalized spacial score (nSPS) is 13.0. The molecule has 0 atom stereocenters. The fourth-order valence-corrected chi connectivity index (χ4v) is 8.67. The number of hydrogen-bond donors (Lipinski definition) is 0. The Morgan fingerprint density at radius 2 is 1.05 bits per heavy atom. The molecule has 0 nitrogen and oxygen atoms in total. The van der Waals surface area contributed by atoms with Gasteiger partial charge in [-0.1, -0.05) is 81.3 Å². The van der Waals surface area contributed by atoms with Crippen molar-refractivity contribution in [3.63, 3.8) is 0 Å². The van der Waals surface area contributed by atoms with Crippen LogP contribution in [0.2, 0.25) is 32.7 Å². The van der Waals surface area contributed by atoms with Crippen LogP contribution in [-0.2, 0) is 0 Å². The topological polar surface area (TPSA) is 0 Å². The highest BCUT2D eigenvalue weighted by Gasteiger charge is 2.40. The zero-order valence-corrected chi connectivity index (χ0v) is 15.7. The molecule has 0 radical (unpaired) electrons. The molecule has 0 saturated carbocycles. The van der Waals surface area contributed by atoms with Gasteiger partial charge in [-0.25, -0.2) is 0 Å². The highest BCUT2D eigenvalue weighted by atomic mass is 29.3. The van der Waals surface area contributed by atoms with Crippen LogP contribution in [0, 0.1) is 0 Å². The Morgan fingerprint density at radius 3 is 1.48 bits per heavy atom. The second-order valence-electron chi connectivity index (χ2n) is 7.57. The molecule has 3 rings (SSSR count). The van der Waals surface area contributed by atoms with Crippen LogP contribution in [0.25, 0.3) is 21.5 Å². The number of rotatable bonds is 2. The summed E-state index contributed by atoms with van der Waals surface area (Å²) in [6, 6.07) is 20.2. The molecule has 0 saturated heterocycles. The van der Waals surface area contributed by atoms with Crippen LogP contribution < -0.4 is 5.19 Å². The van der Waals surface area contributed by atoms with Gasteiger partial charge >= 0.3 is 0 Å². The molecule has 3 aromatic rings. The zero-order chi connectivity index (χ0) is 15.3. The van der Waals surface area contributed by atoms with E-state index in [0.717, 1.165) is 0 Å². The molecular formula is C19H24Si2. The first-order valence-corrected chi connectivity index (χ1v) is 15.2. The smallest absolute Gasteiger partial charge is 0.0712 e. The molecule has 0 spiro atoms. The van der Waals surface area contributed by atoms with Crippen LogP contribution in [0.1, 0.15) is 0 Å². The Hall–Kier alpha value is -1.39. The predicted molar refractivity (Wildman–Crippen MR) is 102 cm³/mol. The van der Waals surface area contributed by atoms with Crippen molar-refractivity contribution in [2.45, 2.75) is 32.7 Å². The summed E-state index contributed by atoms with van der Waals surface area (Å²) in [6.45, 7) is 12.8. The molecule has 0 aliphatic heterocycles. The molecule has 0 aliphatic carbocycles. The van der Waals surface area contributed by atoms with Crippen molar-refractivity contribution >= 4 is 41.9 Å². The Balaban J connectivity index is 2.52. The van der Waals surface area contributed by atoms with Gasteiger partial charge in [-0.05, 0) is 32.8 Å². The highest BCUT2D eigenvalue weighted by Crippen LogP contribution is 2.28. The van der Waals surface area contributed by atoms with Crippen molar-refractivity contribution in [1.82, 2.24) is 0 Å². The van der Waals surface area contributed by atoms with Gasteiger partial charge in [0, 0.05) is 7.59 Å². The highest BCUT2D eigenvalue weighted by molar-refractivity contribution is 7.46. The van der Waals surface area contributed by atoms with E-state index in [2.05, 4.69) is 87.3 Å². The van der Waals surface area contributed by atoms with Crippen LogP contribution in [0.5, 0.6) is 0 Å². The summed E-state index contributed by atoms with van der Waals surface area (Å²) in [5, 5.41) is 7.43. The first-order valence-electron chi connectivity index (χ1n) is 7.73. The molecule has 2 heteroatoms. The molecule has 0 heterocycles. The summed E-state index contributed by atoms with van der Waals surface area (Å²) in [5.74, 6) is 0. The van der Waals surface area contributed by atoms with E-state index in [1.165, 1.54) is 21.5 Å². The van der Waals surface area contributed by atoms with Crippen LogP contribution in [-0.4, -0.2) is 15.2 Å². The molecule has 0 N–H and O–H groups in total. The van der Waals surface area contributed by atoms with Gasteiger partial charge < -0.3 is 0 Å². The lowest BCUT2D eigenvalue weighted by atomic mass is 10.0. The maximum atomic E-state index is 2.58.